The van der Waals surface area contributed by atoms with E-state index in [1.165, 1.54) is 18.3 Å². The van der Waals surface area contributed by atoms with Gasteiger partial charge in [-0.15, -0.1) is 0 Å². The van der Waals surface area contributed by atoms with E-state index < -0.39 is 11.9 Å². The molecule has 0 spiro atoms. The molecule has 1 N–H and O–H groups in total. The maximum Gasteiger partial charge on any atom is 0.335 e. The molecule has 0 radical (unpaired) electrons. The molecule has 0 amide bonds. The van der Waals surface area contributed by atoms with E-state index in [2.05, 4.69) is 21.6 Å². The Morgan fingerprint density at radius 1 is 1.53 bits per heavy atom. The van der Waals surface area contributed by atoms with Crippen molar-refractivity contribution in [2.75, 3.05) is 6.61 Å². The van der Waals surface area contributed by atoms with Gasteiger partial charge in [0.1, 0.15) is 12.1 Å². The summed E-state index contributed by atoms with van der Waals surface area (Å²) in [7, 11) is 0. The molecule has 1 aromatic heterocycles. The van der Waals surface area contributed by atoms with Crippen LogP contribution in [0.25, 0.3) is 0 Å². The molecule has 0 saturated heterocycles. The van der Waals surface area contributed by atoms with Crippen LogP contribution in [0.5, 0.6) is 0 Å². The second-order valence-corrected chi connectivity index (χ2v) is 3.02. The summed E-state index contributed by atoms with van der Waals surface area (Å²) in [6.07, 6.45) is 1.32. The maximum absolute atomic E-state index is 11.0. The van der Waals surface area contributed by atoms with Gasteiger partial charge in [-0.2, -0.15) is 0 Å². The number of aromatic nitrogens is 1. The number of hydrogen-bond acceptors (Lipinski definition) is 4. The molecule has 88 valence electrons. The summed E-state index contributed by atoms with van der Waals surface area (Å²) in [6, 6.07) is 2.72. The second-order valence-electron chi connectivity index (χ2n) is 3.02. The van der Waals surface area contributed by atoms with Crippen molar-refractivity contribution in [2.24, 2.45) is 0 Å². The molecule has 5 heteroatoms. The molecular weight excluding hydrogens is 222 g/mol. The largest absolute Gasteiger partial charge is 0.478 e. The molecule has 0 saturated carbocycles. The van der Waals surface area contributed by atoms with E-state index in [0.717, 1.165) is 0 Å². The minimum atomic E-state index is -1.04. The first-order valence-electron chi connectivity index (χ1n) is 4.97. The topological polar surface area (TPSA) is 76.5 Å². The number of pyridine rings is 1. The molecular formula is C12H11NO4. The average molecular weight is 233 g/mol. The Morgan fingerprint density at radius 2 is 2.29 bits per heavy atom. The van der Waals surface area contributed by atoms with Crippen molar-refractivity contribution < 1.29 is 19.4 Å². The first-order chi connectivity index (χ1) is 8.13. The predicted octanol–water partition coefficient (Wildman–Crippen LogP) is 1.08. The number of carboxylic acids is 1. The highest BCUT2D eigenvalue weighted by Gasteiger charge is 2.02. The monoisotopic (exact) mass is 233 g/mol. The lowest BCUT2D eigenvalue weighted by molar-refractivity contribution is -0.141. The molecule has 0 aliphatic heterocycles. The SMILES string of the molecule is CCOC(=O)CC#Cc1cc(C(=O)O)ccn1. The Morgan fingerprint density at radius 3 is 2.94 bits per heavy atom. The molecule has 0 bridgehead atoms. The standard InChI is InChI=1S/C12H11NO4/c1-2-17-11(14)5-3-4-10-8-9(12(15)16)6-7-13-10/h6-8H,2,5H2,1H3,(H,15,16). The van der Waals surface area contributed by atoms with E-state index in [1.807, 2.05) is 0 Å². The number of esters is 1. The minimum absolute atomic E-state index is 0.0349. The van der Waals surface area contributed by atoms with Crippen molar-refractivity contribution in [3.63, 3.8) is 0 Å². The van der Waals surface area contributed by atoms with Gasteiger partial charge in [0.15, 0.2) is 0 Å². The molecule has 17 heavy (non-hydrogen) atoms. The lowest BCUT2D eigenvalue weighted by Crippen LogP contribution is -2.01. The van der Waals surface area contributed by atoms with Gasteiger partial charge < -0.3 is 9.84 Å². The normalized spacial score (nSPS) is 9.00. The van der Waals surface area contributed by atoms with Crippen LogP contribution in [0.4, 0.5) is 0 Å². The Balaban J connectivity index is 2.69. The van der Waals surface area contributed by atoms with Gasteiger partial charge in [-0.25, -0.2) is 9.78 Å². The number of carbonyl (C=O) groups is 2. The number of hydrogen-bond donors (Lipinski definition) is 1. The van der Waals surface area contributed by atoms with Crippen molar-refractivity contribution in [3.8, 4) is 11.8 Å². The highest BCUT2D eigenvalue weighted by Crippen LogP contribution is 2.00. The first kappa shape index (κ1) is 12.7. The van der Waals surface area contributed by atoms with Gasteiger partial charge in [0.2, 0.25) is 0 Å². The van der Waals surface area contributed by atoms with E-state index in [0.29, 0.717) is 12.3 Å². The second kappa shape index (κ2) is 6.28. The van der Waals surface area contributed by atoms with Gasteiger partial charge >= 0.3 is 11.9 Å². The van der Waals surface area contributed by atoms with E-state index in [9.17, 15) is 9.59 Å². The molecule has 0 fully saturated rings. The molecule has 1 aromatic rings. The van der Waals surface area contributed by atoms with Gasteiger partial charge in [0, 0.05) is 6.20 Å². The van der Waals surface area contributed by atoms with Crippen molar-refractivity contribution in [3.05, 3.63) is 29.6 Å². The first-order valence-corrected chi connectivity index (χ1v) is 4.97. The summed E-state index contributed by atoms with van der Waals surface area (Å²) in [5.41, 5.74) is 0.426. The third kappa shape index (κ3) is 4.34. The number of nitrogens with zero attached hydrogens (tertiary/aromatic N) is 1. The summed E-state index contributed by atoms with van der Waals surface area (Å²) >= 11 is 0. The Hall–Kier alpha value is -2.35. The van der Waals surface area contributed by atoms with Crippen molar-refractivity contribution in [2.45, 2.75) is 13.3 Å². The molecule has 1 heterocycles. The van der Waals surface area contributed by atoms with Crippen LogP contribution in [0, 0.1) is 11.8 Å². The zero-order valence-corrected chi connectivity index (χ0v) is 9.27. The number of carbonyl (C=O) groups excluding carboxylic acids is 1. The highest BCUT2D eigenvalue weighted by atomic mass is 16.5. The summed E-state index contributed by atoms with van der Waals surface area (Å²) in [5.74, 6) is 3.73. The molecule has 0 unspecified atom stereocenters. The highest BCUT2D eigenvalue weighted by molar-refractivity contribution is 5.87. The van der Waals surface area contributed by atoms with E-state index in [4.69, 9.17) is 5.11 Å². The quantitative estimate of drug-likeness (QED) is 0.624. The Kier molecular flexibility index (Phi) is 4.70. The summed E-state index contributed by atoms with van der Waals surface area (Å²) in [4.78, 5) is 25.5. The Bertz CT molecular complexity index is 485. The van der Waals surface area contributed by atoms with E-state index in [1.54, 1.807) is 6.92 Å². The van der Waals surface area contributed by atoms with Gasteiger partial charge in [-0.05, 0) is 25.0 Å². The third-order valence-corrected chi connectivity index (χ3v) is 1.76. The molecule has 1 rings (SSSR count). The van der Waals surface area contributed by atoms with E-state index >= 15 is 0 Å². The lowest BCUT2D eigenvalue weighted by Gasteiger charge is -1.95. The van der Waals surface area contributed by atoms with Crippen LogP contribution in [0.1, 0.15) is 29.4 Å². The van der Waals surface area contributed by atoms with Crippen LogP contribution >= 0.6 is 0 Å². The predicted molar refractivity (Wildman–Crippen MR) is 59.3 cm³/mol. The number of carboxylic acid groups (broad SMARTS) is 1. The van der Waals surface area contributed by atoms with Gasteiger partial charge in [0.25, 0.3) is 0 Å². The molecule has 0 aliphatic carbocycles. The molecule has 0 aliphatic rings. The van der Waals surface area contributed by atoms with Gasteiger partial charge in [-0.3, -0.25) is 4.79 Å². The van der Waals surface area contributed by atoms with Crippen molar-refractivity contribution >= 4 is 11.9 Å². The summed E-state index contributed by atoms with van der Waals surface area (Å²) < 4.78 is 4.69. The number of rotatable bonds is 3. The average Bonchev–Trinajstić information content (AvgIpc) is 2.30. The van der Waals surface area contributed by atoms with Crippen molar-refractivity contribution in [1.82, 2.24) is 4.98 Å². The fraction of sp³-hybridized carbons (Fsp3) is 0.250. The van der Waals surface area contributed by atoms with Crippen LogP contribution in [0.3, 0.4) is 0 Å². The lowest BCUT2D eigenvalue weighted by atomic mass is 10.2. The zero-order valence-electron chi connectivity index (χ0n) is 9.27. The van der Waals surface area contributed by atoms with Gasteiger partial charge in [0.05, 0.1) is 12.2 Å². The third-order valence-electron chi connectivity index (χ3n) is 1.76. The van der Waals surface area contributed by atoms with Crippen LogP contribution in [-0.4, -0.2) is 28.6 Å². The van der Waals surface area contributed by atoms with Crippen LogP contribution < -0.4 is 0 Å². The van der Waals surface area contributed by atoms with Gasteiger partial charge in [-0.1, -0.05) is 5.92 Å². The maximum atomic E-state index is 11.0. The fourth-order valence-corrected chi connectivity index (χ4v) is 1.05. The van der Waals surface area contributed by atoms with Crippen molar-refractivity contribution in [1.29, 1.82) is 0 Å². The van der Waals surface area contributed by atoms with Crippen LogP contribution in [-0.2, 0) is 9.53 Å². The smallest absolute Gasteiger partial charge is 0.335 e. The molecule has 5 nitrogen and oxygen atoms in total. The van der Waals surface area contributed by atoms with E-state index in [-0.39, 0.29) is 12.0 Å². The summed E-state index contributed by atoms with van der Waals surface area (Å²) in [6.45, 7) is 2.02. The molecule has 0 atom stereocenters. The number of ether oxygens (including phenoxy) is 1. The molecule has 0 aromatic carbocycles. The summed E-state index contributed by atoms with van der Waals surface area (Å²) in [5, 5.41) is 8.74. The zero-order chi connectivity index (χ0) is 12.7. The Labute approximate surface area is 98.4 Å². The van der Waals surface area contributed by atoms with Crippen LogP contribution in [0.15, 0.2) is 18.3 Å². The minimum Gasteiger partial charge on any atom is -0.478 e. The number of aromatic carboxylic acids is 1. The fourth-order valence-electron chi connectivity index (χ4n) is 1.05. The van der Waals surface area contributed by atoms with Crippen LogP contribution in [0.2, 0.25) is 0 Å².